The van der Waals surface area contributed by atoms with Crippen molar-refractivity contribution < 1.29 is 23.5 Å². The Kier molecular flexibility index (Phi) is 3.96. The summed E-state index contributed by atoms with van der Waals surface area (Å²) in [6, 6.07) is 5.91. The summed E-state index contributed by atoms with van der Waals surface area (Å²) in [5.41, 5.74) is 2.29. The summed E-state index contributed by atoms with van der Waals surface area (Å²) >= 11 is 1.50. The monoisotopic (exact) mass is 360 g/mol. The number of ketones is 1. The van der Waals surface area contributed by atoms with Crippen LogP contribution in [0, 0.1) is 0 Å². The van der Waals surface area contributed by atoms with Crippen LogP contribution in [0.4, 0.5) is 0 Å². The van der Waals surface area contributed by atoms with Gasteiger partial charge >= 0.3 is 0 Å². The molecule has 132 valence electrons. The largest absolute Gasteiger partial charge is 0.492 e. The number of benzene rings is 1. The van der Waals surface area contributed by atoms with Crippen molar-refractivity contribution in [2.45, 2.75) is 18.9 Å². The number of hydrogen-bond donors (Lipinski definition) is 0. The molecule has 1 atom stereocenters. The minimum atomic E-state index is 0.0304. The van der Waals surface area contributed by atoms with E-state index in [0.29, 0.717) is 12.2 Å². The average molecular weight is 360 g/mol. The molecular formula is C19H22NO4S+. The summed E-state index contributed by atoms with van der Waals surface area (Å²) in [7, 11) is 6.02. The van der Waals surface area contributed by atoms with E-state index in [1.807, 2.05) is 17.5 Å². The number of thiophene rings is 1. The van der Waals surface area contributed by atoms with Gasteiger partial charge in [0.1, 0.15) is 6.04 Å². The minimum Gasteiger partial charge on any atom is -0.492 e. The first-order valence-corrected chi connectivity index (χ1v) is 9.28. The number of Topliss-reactive ketones (excluding diaryl/α,β-unsaturated/α-hetero) is 1. The van der Waals surface area contributed by atoms with E-state index >= 15 is 0 Å². The fourth-order valence-corrected chi connectivity index (χ4v) is 4.50. The molecule has 4 rings (SSSR count). The standard InChI is InChI=1S/C19H22NO4S/c1-20(2)7-6-12-9-15-18(24-11-23-15)19(22-3)17(12)13(20)10-14(21)16-5-4-8-25-16/h4-5,8-9,13H,6-7,10-11H2,1-3H3/q+1. The highest BCUT2D eigenvalue weighted by Gasteiger charge is 2.42. The normalized spacial score (nSPS) is 20.2. The second kappa shape index (κ2) is 6.04. The summed E-state index contributed by atoms with van der Waals surface area (Å²) in [6.45, 7) is 1.18. The van der Waals surface area contributed by atoms with Crippen LogP contribution in [0.15, 0.2) is 23.6 Å². The molecule has 3 heterocycles. The van der Waals surface area contributed by atoms with Gasteiger partial charge in [-0.1, -0.05) is 6.07 Å². The van der Waals surface area contributed by atoms with Crippen LogP contribution < -0.4 is 14.2 Å². The second-order valence-corrected chi connectivity index (χ2v) is 8.04. The number of methoxy groups -OCH3 is 1. The molecule has 0 N–H and O–H groups in total. The molecule has 2 aromatic rings. The van der Waals surface area contributed by atoms with Crippen molar-refractivity contribution in [2.24, 2.45) is 0 Å². The van der Waals surface area contributed by atoms with Gasteiger partial charge in [-0.05, 0) is 23.1 Å². The van der Waals surface area contributed by atoms with E-state index in [2.05, 4.69) is 20.2 Å². The number of carbonyl (C=O) groups excluding carboxylic acids is 1. The molecule has 0 saturated heterocycles. The number of hydrogen-bond acceptors (Lipinski definition) is 5. The molecule has 2 aliphatic heterocycles. The molecule has 0 spiro atoms. The number of carbonyl (C=O) groups is 1. The molecule has 2 aliphatic rings. The molecule has 0 radical (unpaired) electrons. The highest BCUT2D eigenvalue weighted by molar-refractivity contribution is 7.12. The average Bonchev–Trinajstić information content (AvgIpc) is 3.26. The van der Waals surface area contributed by atoms with Crippen molar-refractivity contribution in [1.82, 2.24) is 0 Å². The first-order chi connectivity index (χ1) is 12.0. The van der Waals surface area contributed by atoms with E-state index in [1.54, 1.807) is 7.11 Å². The third kappa shape index (κ3) is 2.69. The van der Waals surface area contributed by atoms with Crippen molar-refractivity contribution in [3.05, 3.63) is 39.6 Å². The summed E-state index contributed by atoms with van der Waals surface area (Å²) in [4.78, 5) is 13.6. The van der Waals surface area contributed by atoms with Gasteiger partial charge in [-0.2, -0.15) is 0 Å². The predicted octanol–water partition coefficient (Wildman–Crippen LogP) is 3.43. The van der Waals surface area contributed by atoms with Crippen LogP contribution in [0.25, 0.3) is 0 Å². The van der Waals surface area contributed by atoms with Gasteiger partial charge in [0.15, 0.2) is 17.3 Å². The Bertz CT molecular complexity index is 813. The number of nitrogens with zero attached hydrogens (tertiary/aromatic N) is 1. The number of ether oxygens (including phenoxy) is 3. The molecule has 0 fully saturated rings. The quantitative estimate of drug-likeness (QED) is 0.619. The second-order valence-electron chi connectivity index (χ2n) is 7.09. The summed E-state index contributed by atoms with van der Waals surface area (Å²) < 4.78 is 17.7. The van der Waals surface area contributed by atoms with Gasteiger partial charge in [0.2, 0.25) is 12.5 Å². The number of quaternary nitrogens is 1. The first kappa shape index (κ1) is 16.4. The molecule has 0 saturated carbocycles. The van der Waals surface area contributed by atoms with Crippen molar-refractivity contribution in [1.29, 1.82) is 0 Å². The third-order valence-corrected chi connectivity index (χ3v) is 6.17. The maximum atomic E-state index is 12.8. The molecule has 5 nitrogen and oxygen atoms in total. The molecule has 1 aromatic carbocycles. The summed E-state index contributed by atoms with van der Waals surface area (Å²) in [5.74, 6) is 2.31. The Labute approximate surface area is 151 Å². The number of fused-ring (bicyclic) bond motifs is 2. The number of likely N-dealkylation sites (N-methyl/N-ethyl adjacent to an activating group) is 1. The molecular weight excluding hydrogens is 338 g/mol. The molecule has 0 amide bonds. The van der Waals surface area contributed by atoms with E-state index in [-0.39, 0.29) is 18.6 Å². The minimum absolute atomic E-state index is 0.0304. The Hall–Kier alpha value is -2.05. The van der Waals surface area contributed by atoms with Crippen molar-refractivity contribution in [3.8, 4) is 17.2 Å². The van der Waals surface area contributed by atoms with Gasteiger partial charge in [0.25, 0.3) is 0 Å². The van der Waals surface area contributed by atoms with E-state index in [4.69, 9.17) is 14.2 Å². The van der Waals surface area contributed by atoms with Gasteiger partial charge in [-0.25, -0.2) is 0 Å². The lowest BCUT2D eigenvalue weighted by Crippen LogP contribution is -2.48. The number of rotatable bonds is 4. The van der Waals surface area contributed by atoms with Crippen molar-refractivity contribution >= 4 is 17.1 Å². The zero-order valence-electron chi connectivity index (χ0n) is 14.7. The van der Waals surface area contributed by atoms with Gasteiger partial charge in [-0.15, -0.1) is 11.3 Å². The Morgan fingerprint density at radius 1 is 1.40 bits per heavy atom. The summed E-state index contributed by atoms with van der Waals surface area (Å²) in [5, 5.41) is 1.95. The maximum Gasteiger partial charge on any atom is 0.231 e. The van der Waals surface area contributed by atoms with Crippen LogP contribution in [0.2, 0.25) is 0 Å². The Balaban J connectivity index is 1.80. The Morgan fingerprint density at radius 3 is 2.96 bits per heavy atom. The maximum absolute atomic E-state index is 12.8. The first-order valence-electron chi connectivity index (χ1n) is 8.40. The molecule has 0 bridgehead atoms. The van der Waals surface area contributed by atoms with E-state index in [0.717, 1.165) is 39.4 Å². The molecule has 1 aromatic heterocycles. The fourth-order valence-electron chi connectivity index (χ4n) is 3.83. The fraction of sp³-hybridized carbons (Fsp3) is 0.421. The predicted molar refractivity (Wildman–Crippen MR) is 95.8 cm³/mol. The molecule has 1 unspecified atom stereocenters. The third-order valence-electron chi connectivity index (χ3n) is 5.26. The molecule has 25 heavy (non-hydrogen) atoms. The zero-order chi connectivity index (χ0) is 17.6. The lowest BCUT2D eigenvalue weighted by atomic mass is 9.86. The zero-order valence-corrected chi connectivity index (χ0v) is 15.5. The van der Waals surface area contributed by atoms with Crippen LogP contribution in [0.1, 0.15) is 33.3 Å². The topological polar surface area (TPSA) is 44.8 Å². The lowest BCUT2D eigenvalue weighted by Gasteiger charge is -2.43. The van der Waals surface area contributed by atoms with Crippen LogP contribution in [-0.2, 0) is 6.42 Å². The van der Waals surface area contributed by atoms with Gasteiger partial charge in [-0.3, -0.25) is 4.79 Å². The van der Waals surface area contributed by atoms with Crippen LogP contribution in [-0.4, -0.2) is 44.8 Å². The smallest absolute Gasteiger partial charge is 0.231 e. The van der Waals surface area contributed by atoms with E-state index in [1.165, 1.54) is 16.9 Å². The van der Waals surface area contributed by atoms with Gasteiger partial charge < -0.3 is 18.7 Å². The highest BCUT2D eigenvalue weighted by atomic mass is 32.1. The molecule has 6 heteroatoms. The van der Waals surface area contributed by atoms with Crippen LogP contribution in [0.3, 0.4) is 0 Å². The van der Waals surface area contributed by atoms with Crippen LogP contribution >= 0.6 is 11.3 Å². The SMILES string of the molecule is COc1c2c(cc3c1C(CC(=O)c1cccs1)[N+](C)(C)CC3)OCO2. The van der Waals surface area contributed by atoms with Gasteiger partial charge in [0.05, 0.1) is 44.6 Å². The van der Waals surface area contributed by atoms with E-state index in [9.17, 15) is 4.79 Å². The van der Waals surface area contributed by atoms with E-state index < -0.39 is 0 Å². The van der Waals surface area contributed by atoms with Crippen molar-refractivity contribution in [2.75, 3.05) is 34.5 Å². The lowest BCUT2D eigenvalue weighted by molar-refractivity contribution is -0.922. The van der Waals surface area contributed by atoms with Gasteiger partial charge in [0, 0.05) is 6.42 Å². The summed E-state index contributed by atoms with van der Waals surface area (Å²) in [6.07, 6.45) is 1.38. The molecule has 0 aliphatic carbocycles. The van der Waals surface area contributed by atoms with Crippen molar-refractivity contribution in [3.63, 3.8) is 0 Å². The highest BCUT2D eigenvalue weighted by Crippen LogP contribution is 2.51. The van der Waals surface area contributed by atoms with Crippen LogP contribution in [0.5, 0.6) is 17.2 Å². The Morgan fingerprint density at radius 2 is 2.24 bits per heavy atom.